The van der Waals surface area contributed by atoms with Gasteiger partial charge in [-0.3, -0.25) is 9.69 Å². The number of carbonyl (C=O) groups excluding carboxylic acids is 1. The number of aryl methyl sites for hydroxylation is 1. The van der Waals surface area contributed by atoms with Gasteiger partial charge in [0.25, 0.3) is 5.91 Å². The summed E-state index contributed by atoms with van der Waals surface area (Å²) in [4.78, 5) is 15.1. The molecule has 1 amide bonds. The van der Waals surface area contributed by atoms with Crippen molar-refractivity contribution in [3.63, 3.8) is 0 Å². The SMILES string of the molecule is CCOc1ccc(C(=O)NC[C@@H](c2ccc(C)cc2)N2CCCCC2)cc1. The fourth-order valence-corrected chi connectivity index (χ4v) is 3.64. The van der Waals surface area contributed by atoms with E-state index in [0.29, 0.717) is 18.7 Å². The van der Waals surface area contributed by atoms with Crippen LogP contribution in [0, 0.1) is 6.92 Å². The van der Waals surface area contributed by atoms with Gasteiger partial charge in [-0.05, 0) is 69.6 Å². The maximum Gasteiger partial charge on any atom is 0.251 e. The van der Waals surface area contributed by atoms with E-state index in [1.807, 2.05) is 31.2 Å². The molecule has 0 saturated carbocycles. The maximum absolute atomic E-state index is 12.6. The summed E-state index contributed by atoms with van der Waals surface area (Å²) in [7, 11) is 0. The molecule has 27 heavy (non-hydrogen) atoms. The molecular formula is C23H30N2O2. The molecule has 0 unspecified atom stereocenters. The summed E-state index contributed by atoms with van der Waals surface area (Å²) in [5.74, 6) is 0.757. The zero-order valence-electron chi connectivity index (χ0n) is 16.4. The van der Waals surface area contributed by atoms with Crippen LogP contribution in [0.1, 0.15) is 53.7 Å². The Morgan fingerprint density at radius 1 is 1.04 bits per heavy atom. The highest BCUT2D eigenvalue weighted by Crippen LogP contribution is 2.24. The standard InChI is InChI=1S/C23H30N2O2/c1-3-27-21-13-11-20(12-14-21)23(26)24-17-22(25-15-5-4-6-16-25)19-9-7-18(2)8-10-19/h7-14,22H,3-6,15-17H2,1-2H3,(H,24,26)/t22-/m0/s1. The number of carbonyl (C=O) groups is 1. The van der Waals surface area contributed by atoms with Crippen molar-refractivity contribution in [3.05, 3.63) is 65.2 Å². The number of amides is 1. The van der Waals surface area contributed by atoms with Crippen LogP contribution in [0.2, 0.25) is 0 Å². The van der Waals surface area contributed by atoms with Gasteiger partial charge in [-0.2, -0.15) is 0 Å². The Bertz CT molecular complexity index is 719. The van der Waals surface area contributed by atoms with Crippen molar-refractivity contribution in [1.82, 2.24) is 10.2 Å². The lowest BCUT2D eigenvalue weighted by Gasteiger charge is -2.35. The molecule has 4 heteroatoms. The van der Waals surface area contributed by atoms with E-state index in [4.69, 9.17) is 4.74 Å². The Morgan fingerprint density at radius 2 is 1.70 bits per heavy atom. The van der Waals surface area contributed by atoms with Gasteiger partial charge >= 0.3 is 0 Å². The fourth-order valence-electron chi connectivity index (χ4n) is 3.64. The number of ether oxygens (including phenoxy) is 1. The van der Waals surface area contributed by atoms with Crippen LogP contribution < -0.4 is 10.1 Å². The summed E-state index contributed by atoms with van der Waals surface area (Å²) in [6.07, 6.45) is 3.76. The average Bonchev–Trinajstić information content (AvgIpc) is 2.71. The third-order valence-corrected chi connectivity index (χ3v) is 5.18. The van der Waals surface area contributed by atoms with Crippen LogP contribution in [-0.4, -0.2) is 37.0 Å². The lowest BCUT2D eigenvalue weighted by atomic mass is 10.0. The molecular weight excluding hydrogens is 336 g/mol. The van der Waals surface area contributed by atoms with Gasteiger partial charge in [0.1, 0.15) is 5.75 Å². The monoisotopic (exact) mass is 366 g/mol. The van der Waals surface area contributed by atoms with Crippen LogP contribution in [0.25, 0.3) is 0 Å². The van der Waals surface area contributed by atoms with Crippen molar-refractivity contribution in [2.75, 3.05) is 26.2 Å². The molecule has 2 aromatic rings. The quantitative estimate of drug-likeness (QED) is 0.792. The van der Waals surface area contributed by atoms with Gasteiger partial charge in [-0.25, -0.2) is 0 Å². The van der Waals surface area contributed by atoms with Gasteiger partial charge in [-0.15, -0.1) is 0 Å². The Balaban J connectivity index is 1.67. The van der Waals surface area contributed by atoms with Crippen LogP contribution in [0.4, 0.5) is 0 Å². The van der Waals surface area contributed by atoms with E-state index in [0.717, 1.165) is 18.8 Å². The number of nitrogens with zero attached hydrogens (tertiary/aromatic N) is 1. The second kappa shape index (κ2) is 9.56. The van der Waals surface area contributed by atoms with Crippen molar-refractivity contribution >= 4 is 5.91 Å². The van der Waals surface area contributed by atoms with Crippen LogP contribution in [0.15, 0.2) is 48.5 Å². The number of rotatable bonds is 7. The number of hydrogen-bond donors (Lipinski definition) is 1. The average molecular weight is 367 g/mol. The lowest BCUT2D eigenvalue weighted by molar-refractivity contribution is 0.0924. The fraction of sp³-hybridized carbons (Fsp3) is 0.435. The van der Waals surface area contributed by atoms with Crippen LogP contribution in [0.5, 0.6) is 5.75 Å². The predicted octanol–water partition coefficient (Wildman–Crippen LogP) is 4.35. The first-order valence-electron chi connectivity index (χ1n) is 9.99. The van der Waals surface area contributed by atoms with Gasteiger partial charge in [0, 0.05) is 12.1 Å². The lowest BCUT2D eigenvalue weighted by Crippen LogP contribution is -2.40. The molecule has 2 aromatic carbocycles. The Hall–Kier alpha value is -2.33. The van der Waals surface area contributed by atoms with Crippen molar-refractivity contribution < 1.29 is 9.53 Å². The van der Waals surface area contributed by atoms with E-state index < -0.39 is 0 Å². The van der Waals surface area contributed by atoms with Gasteiger partial charge in [0.15, 0.2) is 0 Å². The molecule has 0 aromatic heterocycles. The number of piperidine rings is 1. The molecule has 1 N–H and O–H groups in total. The molecule has 1 aliphatic heterocycles. The number of hydrogen-bond acceptors (Lipinski definition) is 3. The summed E-state index contributed by atoms with van der Waals surface area (Å²) in [5.41, 5.74) is 3.20. The van der Waals surface area contributed by atoms with E-state index in [2.05, 4.69) is 41.4 Å². The van der Waals surface area contributed by atoms with E-state index in [1.165, 1.54) is 30.4 Å². The first kappa shape index (κ1) is 19.4. The van der Waals surface area contributed by atoms with Crippen LogP contribution in [0.3, 0.4) is 0 Å². The van der Waals surface area contributed by atoms with Crippen LogP contribution in [-0.2, 0) is 0 Å². The third kappa shape index (κ3) is 5.33. The Kier molecular flexibility index (Phi) is 6.88. The highest BCUT2D eigenvalue weighted by atomic mass is 16.5. The number of likely N-dealkylation sites (tertiary alicyclic amines) is 1. The topological polar surface area (TPSA) is 41.6 Å². The molecule has 3 rings (SSSR count). The zero-order valence-corrected chi connectivity index (χ0v) is 16.4. The molecule has 4 nitrogen and oxygen atoms in total. The molecule has 1 atom stereocenters. The summed E-state index contributed by atoms with van der Waals surface area (Å²) >= 11 is 0. The largest absolute Gasteiger partial charge is 0.494 e. The molecule has 0 bridgehead atoms. The predicted molar refractivity (Wildman–Crippen MR) is 109 cm³/mol. The summed E-state index contributed by atoms with van der Waals surface area (Å²) < 4.78 is 5.45. The smallest absolute Gasteiger partial charge is 0.251 e. The van der Waals surface area contributed by atoms with E-state index in [9.17, 15) is 4.79 Å². The van der Waals surface area contributed by atoms with E-state index >= 15 is 0 Å². The first-order chi connectivity index (χ1) is 13.2. The summed E-state index contributed by atoms with van der Waals surface area (Å²) in [5, 5.41) is 3.14. The van der Waals surface area contributed by atoms with Gasteiger partial charge in [-0.1, -0.05) is 36.2 Å². The summed E-state index contributed by atoms with van der Waals surface area (Å²) in [6.45, 7) is 7.49. The van der Waals surface area contributed by atoms with E-state index in [-0.39, 0.29) is 11.9 Å². The Labute approximate surface area is 162 Å². The molecule has 1 aliphatic rings. The maximum atomic E-state index is 12.6. The second-order valence-corrected chi connectivity index (χ2v) is 7.19. The molecule has 1 fully saturated rings. The molecule has 0 spiro atoms. The molecule has 1 heterocycles. The highest BCUT2D eigenvalue weighted by Gasteiger charge is 2.23. The number of nitrogens with one attached hydrogen (secondary N) is 1. The molecule has 0 aliphatic carbocycles. The number of benzene rings is 2. The highest BCUT2D eigenvalue weighted by molar-refractivity contribution is 5.94. The summed E-state index contributed by atoms with van der Waals surface area (Å²) in [6, 6.07) is 16.2. The van der Waals surface area contributed by atoms with E-state index in [1.54, 1.807) is 0 Å². The Morgan fingerprint density at radius 3 is 2.33 bits per heavy atom. The molecule has 144 valence electrons. The normalized spacial score (nSPS) is 15.9. The second-order valence-electron chi connectivity index (χ2n) is 7.19. The first-order valence-corrected chi connectivity index (χ1v) is 9.99. The zero-order chi connectivity index (χ0) is 19.1. The minimum atomic E-state index is -0.0350. The van der Waals surface area contributed by atoms with Crippen molar-refractivity contribution in [2.24, 2.45) is 0 Å². The third-order valence-electron chi connectivity index (χ3n) is 5.18. The van der Waals surface area contributed by atoms with Gasteiger partial charge < -0.3 is 10.1 Å². The van der Waals surface area contributed by atoms with Crippen molar-refractivity contribution in [3.8, 4) is 5.75 Å². The molecule has 0 radical (unpaired) electrons. The van der Waals surface area contributed by atoms with Gasteiger partial charge in [0.2, 0.25) is 0 Å². The minimum Gasteiger partial charge on any atom is -0.494 e. The van der Waals surface area contributed by atoms with Crippen molar-refractivity contribution in [2.45, 2.75) is 39.2 Å². The van der Waals surface area contributed by atoms with Crippen molar-refractivity contribution in [1.29, 1.82) is 0 Å². The minimum absolute atomic E-state index is 0.0350. The van der Waals surface area contributed by atoms with Gasteiger partial charge in [0.05, 0.1) is 12.6 Å². The van der Waals surface area contributed by atoms with Crippen LogP contribution >= 0.6 is 0 Å². The molecule has 1 saturated heterocycles.